The summed E-state index contributed by atoms with van der Waals surface area (Å²) in [5.41, 5.74) is 1.95. The van der Waals surface area contributed by atoms with Crippen LogP contribution in [0.4, 0.5) is 0 Å². The maximum absolute atomic E-state index is 13.3. The van der Waals surface area contributed by atoms with Crippen LogP contribution in [0.25, 0.3) is 0 Å². The molecule has 0 heterocycles. The highest BCUT2D eigenvalue weighted by atomic mass is 16.1. The minimum Gasteiger partial charge on any atom is -0.294 e. The van der Waals surface area contributed by atoms with Gasteiger partial charge in [-0.3, -0.25) is 4.79 Å². The van der Waals surface area contributed by atoms with Crippen LogP contribution in [-0.2, 0) is 4.79 Å². The molecule has 152 valence electrons. The molecule has 4 aliphatic rings. The van der Waals surface area contributed by atoms with Gasteiger partial charge < -0.3 is 0 Å². The highest BCUT2D eigenvalue weighted by Crippen LogP contribution is 2.68. The van der Waals surface area contributed by atoms with Crippen molar-refractivity contribution in [3.05, 3.63) is 11.6 Å². The molecule has 1 heteroatoms. The van der Waals surface area contributed by atoms with Crippen LogP contribution in [0, 0.1) is 46.3 Å². The average molecular weight is 371 g/mol. The SMILES string of the molecule is C/C=C(\CC)C(=O)[C@H]1CCC2[C@@H]3CCC4C[C@@H](C)CC[C@]4(C)C3CC[C@@]21C. The molecule has 0 aromatic heterocycles. The molecule has 3 unspecified atom stereocenters. The van der Waals surface area contributed by atoms with E-state index in [1.165, 1.54) is 51.4 Å². The number of ketones is 1. The van der Waals surface area contributed by atoms with Gasteiger partial charge in [0.05, 0.1) is 0 Å². The summed E-state index contributed by atoms with van der Waals surface area (Å²) in [6.45, 7) is 11.8. The summed E-state index contributed by atoms with van der Waals surface area (Å²) in [6, 6.07) is 0. The number of allylic oxidation sites excluding steroid dienone is 2. The zero-order valence-electron chi connectivity index (χ0n) is 18.5. The zero-order chi connectivity index (χ0) is 19.4. The second kappa shape index (κ2) is 7.03. The predicted molar refractivity (Wildman–Crippen MR) is 113 cm³/mol. The van der Waals surface area contributed by atoms with Gasteiger partial charge in [-0.15, -0.1) is 0 Å². The topological polar surface area (TPSA) is 17.1 Å². The number of rotatable bonds is 3. The molecule has 0 spiro atoms. The van der Waals surface area contributed by atoms with Gasteiger partial charge >= 0.3 is 0 Å². The number of carbonyl (C=O) groups is 1. The van der Waals surface area contributed by atoms with E-state index in [1.54, 1.807) is 0 Å². The Balaban J connectivity index is 1.58. The molecule has 1 nitrogen and oxygen atoms in total. The van der Waals surface area contributed by atoms with Gasteiger partial charge in [0, 0.05) is 5.92 Å². The summed E-state index contributed by atoms with van der Waals surface area (Å²) in [4.78, 5) is 13.3. The van der Waals surface area contributed by atoms with E-state index in [2.05, 4.69) is 40.7 Å². The van der Waals surface area contributed by atoms with Crippen molar-refractivity contribution in [3.63, 3.8) is 0 Å². The van der Waals surface area contributed by atoms with Gasteiger partial charge in [0.1, 0.15) is 0 Å². The third-order valence-electron chi connectivity index (χ3n) is 10.3. The fourth-order valence-electron chi connectivity index (χ4n) is 8.65. The number of hydrogen-bond donors (Lipinski definition) is 0. The first-order chi connectivity index (χ1) is 12.8. The van der Waals surface area contributed by atoms with Crippen molar-refractivity contribution >= 4 is 5.78 Å². The molecule has 27 heavy (non-hydrogen) atoms. The van der Waals surface area contributed by atoms with E-state index in [9.17, 15) is 4.79 Å². The highest BCUT2D eigenvalue weighted by Gasteiger charge is 2.61. The monoisotopic (exact) mass is 370 g/mol. The summed E-state index contributed by atoms with van der Waals surface area (Å²) in [5.74, 6) is 5.34. The van der Waals surface area contributed by atoms with Crippen molar-refractivity contribution in [1.29, 1.82) is 0 Å². The van der Waals surface area contributed by atoms with Crippen molar-refractivity contribution in [1.82, 2.24) is 0 Å². The van der Waals surface area contributed by atoms with Gasteiger partial charge in [0.2, 0.25) is 0 Å². The minimum absolute atomic E-state index is 0.271. The smallest absolute Gasteiger partial charge is 0.162 e. The molecule has 8 atom stereocenters. The van der Waals surface area contributed by atoms with E-state index >= 15 is 0 Å². The molecule has 4 rings (SSSR count). The molecular weight excluding hydrogens is 328 g/mol. The molecule has 0 N–H and O–H groups in total. The van der Waals surface area contributed by atoms with Gasteiger partial charge in [0.15, 0.2) is 5.78 Å². The van der Waals surface area contributed by atoms with Crippen LogP contribution in [0.3, 0.4) is 0 Å². The quantitative estimate of drug-likeness (QED) is 0.480. The molecular formula is C26H42O. The van der Waals surface area contributed by atoms with Crippen LogP contribution >= 0.6 is 0 Å². The van der Waals surface area contributed by atoms with E-state index in [0.717, 1.165) is 48.0 Å². The third kappa shape index (κ3) is 2.89. The van der Waals surface area contributed by atoms with E-state index in [-0.39, 0.29) is 5.41 Å². The van der Waals surface area contributed by atoms with Crippen molar-refractivity contribution in [2.75, 3.05) is 0 Å². The first-order valence-corrected chi connectivity index (χ1v) is 12.0. The molecule has 0 aromatic carbocycles. The summed E-state index contributed by atoms with van der Waals surface area (Å²) in [6.07, 6.45) is 15.4. The lowest BCUT2D eigenvalue weighted by Gasteiger charge is -2.61. The summed E-state index contributed by atoms with van der Waals surface area (Å²) >= 11 is 0. The molecule has 0 amide bonds. The molecule has 0 radical (unpaired) electrons. The summed E-state index contributed by atoms with van der Waals surface area (Å²) in [5, 5.41) is 0. The molecule has 0 saturated heterocycles. The van der Waals surface area contributed by atoms with E-state index in [4.69, 9.17) is 0 Å². The third-order valence-corrected chi connectivity index (χ3v) is 10.3. The lowest BCUT2D eigenvalue weighted by molar-refractivity contribution is -0.134. The largest absolute Gasteiger partial charge is 0.294 e. The fourth-order valence-corrected chi connectivity index (χ4v) is 8.65. The van der Waals surface area contributed by atoms with Crippen LogP contribution < -0.4 is 0 Å². The van der Waals surface area contributed by atoms with Crippen molar-refractivity contribution in [2.45, 2.75) is 98.8 Å². The minimum atomic E-state index is 0.271. The lowest BCUT2D eigenvalue weighted by atomic mass is 9.44. The molecule has 4 fully saturated rings. The molecule has 4 saturated carbocycles. The van der Waals surface area contributed by atoms with Gasteiger partial charge in [-0.05, 0) is 111 Å². The van der Waals surface area contributed by atoms with Crippen molar-refractivity contribution < 1.29 is 4.79 Å². The zero-order valence-corrected chi connectivity index (χ0v) is 18.5. The predicted octanol–water partition coefficient (Wildman–Crippen LogP) is 7.21. The number of fused-ring (bicyclic) bond motifs is 5. The first kappa shape index (κ1) is 19.7. The molecule has 0 bridgehead atoms. The van der Waals surface area contributed by atoms with Crippen molar-refractivity contribution in [3.8, 4) is 0 Å². The van der Waals surface area contributed by atoms with E-state index in [0.29, 0.717) is 17.1 Å². The van der Waals surface area contributed by atoms with Gasteiger partial charge in [-0.2, -0.15) is 0 Å². The number of carbonyl (C=O) groups excluding carboxylic acids is 1. The Bertz CT molecular complexity index is 618. The number of Topliss-reactive ketones (excluding diaryl/α,β-unsaturated/α-hetero) is 1. The van der Waals surface area contributed by atoms with Gasteiger partial charge in [-0.25, -0.2) is 0 Å². The van der Waals surface area contributed by atoms with Crippen LogP contribution in [0.1, 0.15) is 98.8 Å². The first-order valence-electron chi connectivity index (χ1n) is 12.0. The maximum atomic E-state index is 13.3. The van der Waals surface area contributed by atoms with E-state index in [1.807, 2.05) is 0 Å². The van der Waals surface area contributed by atoms with Gasteiger partial charge in [0.25, 0.3) is 0 Å². The Labute approximate surface area is 167 Å². The summed E-state index contributed by atoms with van der Waals surface area (Å²) in [7, 11) is 0. The fraction of sp³-hybridized carbons (Fsp3) is 0.885. The van der Waals surface area contributed by atoms with Crippen LogP contribution in [0.5, 0.6) is 0 Å². The van der Waals surface area contributed by atoms with Crippen LogP contribution in [0.2, 0.25) is 0 Å². The Morgan fingerprint density at radius 3 is 2.37 bits per heavy atom. The van der Waals surface area contributed by atoms with Crippen LogP contribution in [-0.4, -0.2) is 5.78 Å². The standard InChI is InChI=1S/C26H42O/c1-6-18(7-2)24(27)23-11-10-21-20-9-8-19-16-17(3)12-14-25(19,4)22(20)13-15-26(21,23)5/h6,17,19-23H,7-16H2,1-5H3/b18-6+/t17-,19?,20-,21?,22?,23+,25-,26-/m0/s1. The van der Waals surface area contributed by atoms with Gasteiger partial charge in [-0.1, -0.05) is 40.2 Å². The van der Waals surface area contributed by atoms with Crippen LogP contribution in [0.15, 0.2) is 11.6 Å². The summed E-state index contributed by atoms with van der Waals surface area (Å²) < 4.78 is 0. The Morgan fingerprint density at radius 2 is 1.67 bits per heavy atom. The molecule has 0 aromatic rings. The number of hydrogen-bond acceptors (Lipinski definition) is 1. The Kier molecular flexibility index (Phi) is 5.13. The Morgan fingerprint density at radius 1 is 0.963 bits per heavy atom. The maximum Gasteiger partial charge on any atom is 0.162 e. The molecule has 0 aliphatic heterocycles. The lowest BCUT2D eigenvalue weighted by Crippen LogP contribution is -2.53. The van der Waals surface area contributed by atoms with E-state index < -0.39 is 0 Å². The average Bonchev–Trinajstić information content (AvgIpc) is 3.00. The second-order valence-corrected chi connectivity index (χ2v) is 11.2. The Hall–Kier alpha value is -0.590. The highest BCUT2D eigenvalue weighted by molar-refractivity contribution is 5.97. The molecule has 4 aliphatic carbocycles. The second-order valence-electron chi connectivity index (χ2n) is 11.2. The normalized spacial score (nSPS) is 49.9. The van der Waals surface area contributed by atoms with Crippen molar-refractivity contribution in [2.24, 2.45) is 46.3 Å².